The second kappa shape index (κ2) is 5.56. The third-order valence-electron chi connectivity index (χ3n) is 3.34. The van der Waals surface area contributed by atoms with Gasteiger partial charge >= 0.3 is 5.97 Å². The maximum absolute atomic E-state index is 13.9. The molecule has 4 heteroatoms. The predicted octanol–water partition coefficient (Wildman–Crippen LogP) is 4.25. The Balaban J connectivity index is 2.09. The Morgan fingerprint density at radius 2 is 1.82 bits per heavy atom. The van der Waals surface area contributed by atoms with Crippen molar-refractivity contribution in [3.8, 4) is 0 Å². The number of cyclic esters (lactones) is 1. The summed E-state index contributed by atoms with van der Waals surface area (Å²) in [5.41, 5.74) is 1.71. The van der Waals surface area contributed by atoms with Crippen molar-refractivity contribution in [2.45, 2.75) is 6.92 Å². The van der Waals surface area contributed by atoms with Crippen molar-refractivity contribution in [2.24, 2.45) is 0 Å². The highest BCUT2D eigenvalue weighted by Gasteiger charge is 2.24. The van der Waals surface area contributed by atoms with E-state index in [0.29, 0.717) is 5.57 Å². The number of hydrogen-bond donors (Lipinski definition) is 0. The van der Waals surface area contributed by atoms with Crippen molar-refractivity contribution in [1.82, 2.24) is 0 Å². The molecule has 1 aliphatic heterocycles. The standard InChI is InChI=1S/C18H12F2O2/c1-11-6-7-15(19)12(8-11)9-17-14(10-18(21)22-17)13-4-2-3-5-16(13)20/h2-10H,1H3/b17-9-. The highest BCUT2D eigenvalue weighted by atomic mass is 19.1. The Hall–Kier alpha value is -2.75. The molecule has 0 amide bonds. The van der Waals surface area contributed by atoms with Gasteiger partial charge in [0.15, 0.2) is 0 Å². The molecule has 2 aromatic rings. The molecule has 0 aliphatic carbocycles. The first-order chi connectivity index (χ1) is 10.5. The van der Waals surface area contributed by atoms with E-state index in [-0.39, 0.29) is 16.9 Å². The van der Waals surface area contributed by atoms with Crippen molar-refractivity contribution < 1.29 is 18.3 Å². The van der Waals surface area contributed by atoms with Gasteiger partial charge in [-0.05, 0) is 31.2 Å². The smallest absolute Gasteiger partial charge is 0.336 e. The van der Waals surface area contributed by atoms with Crippen LogP contribution in [0.5, 0.6) is 0 Å². The Kier molecular flexibility index (Phi) is 3.59. The van der Waals surface area contributed by atoms with Gasteiger partial charge in [0, 0.05) is 22.8 Å². The second-order valence-corrected chi connectivity index (χ2v) is 4.99. The first-order valence-electron chi connectivity index (χ1n) is 6.71. The van der Waals surface area contributed by atoms with Gasteiger partial charge in [-0.1, -0.05) is 29.8 Å². The van der Waals surface area contributed by atoms with Gasteiger partial charge in [-0.25, -0.2) is 13.6 Å². The number of esters is 1. The molecule has 0 aromatic heterocycles. The highest BCUT2D eigenvalue weighted by Crippen LogP contribution is 2.32. The SMILES string of the molecule is Cc1ccc(F)c(/C=C2\OC(=O)C=C2c2ccccc2F)c1. The van der Waals surface area contributed by atoms with Gasteiger partial charge in [-0.2, -0.15) is 0 Å². The van der Waals surface area contributed by atoms with Gasteiger partial charge < -0.3 is 4.74 Å². The lowest BCUT2D eigenvalue weighted by molar-refractivity contribution is -0.132. The van der Waals surface area contributed by atoms with E-state index in [2.05, 4.69) is 0 Å². The fraction of sp³-hybridized carbons (Fsp3) is 0.0556. The third kappa shape index (κ3) is 2.68. The number of carbonyl (C=O) groups is 1. The van der Waals surface area contributed by atoms with E-state index >= 15 is 0 Å². The number of aryl methyl sites for hydroxylation is 1. The van der Waals surface area contributed by atoms with Crippen LogP contribution in [0.2, 0.25) is 0 Å². The number of allylic oxidation sites excluding steroid dienone is 1. The van der Waals surface area contributed by atoms with E-state index in [1.165, 1.54) is 24.3 Å². The largest absolute Gasteiger partial charge is 0.423 e. The monoisotopic (exact) mass is 298 g/mol. The van der Waals surface area contributed by atoms with Crippen LogP contribution in [0.25, 0.3) is 11.6 Å². The minimum Gasteiger partial charge on any atom is -0.423 e. The van der Waals surface area contributed by atoms with E-state index in [1.54, 1.807) is 30.3 Å². The first kappa shape index (κ1) is 14.2. The summed E-state index contributed by atoms with van der Waals surface area (Å²) in [7, 11) is 0. The number of carbonyl (C=O) groups excluding carboxylic acids is 1. The van der Waals surface area contributed by atoms with E-state index in [1.807, 2.05) is 6.92 Å². The van der Waals surface area contributed by atoms with Crippen LogP contribution in [0.15, 0.2) is 54.3 Å². The lowest BCUT2D eigenvalue weighted by Crippen LogP contribution is -1.94. The Bertz CT molecular complexity index is 820. The summed E-state index contributed by atoms with van der Waals surface area (Å²) in [6.45, 7) is 1.83. The summed E-state index contributed by atoms with van der Waals surface area (Å²) in [5.74, 6) is -1.37. The maximum Gasteiger partial charge on any atom is 0.336 e. The summed E-state index contributed by atoms with van der Waals surface area (Å²) in [5, 5.41) is 0. The van der Waals surface area contributed by atoms with Crippen LogP contribution in [-0.2, 0) is 9.53 Å². The molecular formula is C18H12F2O2. The molecule has 0 N–H and O–H groups in total. The van der Waals surface area contributed by atoms with Crippen LogP contribution in [-0.4, -0.2) is 5.97 Å². The summed E-state index contributed by atoms with van der Waals surface area (Å²) in [6.07, 6.45) is 2.61. The van der Waals surface area contributed by atoms with Crippen molar-refractivity contribution in [3.63, 3.8) is 0 Å². The molecule has 0 bridgehead atoms. The molecular weight excluding hydrogens is 286 g/mol. The summed E-state index contributed by atoms with van der Waals surface area (Å²) in [4.78, 5) is 11.5. The van der Waals surface area contributed by atoms with Crippen LogP contribution in [0.4, 0.5) is 8.78 Å². The predicted molar refractivity (Wildman–Crippen MR) is 79.6 cm³/mol. The van der Waals surface area contributed by atoms with Crippen molar-refractivity contribution in [2.75, 3.05) is 0 Å². The maximum atomic E-state index is 13.9. The molecule has 0 saturated carbocycles. The molecule has 0 atom stereocenters. The molecule has 0 spiro atoms. The van der Waals surface area contributed by atoms with Gasteiger partial charge in [0.25, 0.3) is 0 Å². The van der Waals surface area contributed by atoms with E-state index in [4.69, 9.17) is 4.74 Å². The fourth-order valence-electron chi connectivity index (χ4n) is 2.29. The zero-order valence-electron chi connectivity index (χ0n) is 11.8. The van der Waals surface area contributed by atoms with Crippen LogP contribution >= 0.6 is 0 Å². The molecule has 0 fully saturated rings. The van der Waals surface area contributed by atoms with Crippen LogP contribution in [0.1, 0.15) is 16.7 Å². The van der Waals surface area contributed by atoms with E-state index < -0.39 is 17.6 Å². The van der Waals surface area contributed by atoms with E-state index in [0.717, 1.165) is 5.56 Å². The molecule has 3 rings (SSSR count). The summed E-state index contributed by atoms with van der Waals surface area (Å²) < 4.78 is 32.8. The normalized spacial score (nSPS) is 15.9. The number of halogens is 2. The zero-order chi connectivity index (χ0) is 15.7. The first-order valence-corrected chi connectivity index (χ1v) is 6.71. The van der Waals surface area contributed by atoms with Crippen LogP contribution in [0.3, 0.4) is 0 Å². The molecule has 2 aromatic carbocycles. The Morgan fingerprint density at radius 1 is 1.05 bits per heavy atom. The summed E-state index contributed by atoms with van der Waals surface area (Å²) >= 11 is 0. The Morgan fingerprint density at radius 3 is 2.59 bits per heavy atom. The average molecular weight is 298 g/mol. The minimum atomic E-state index is -0.599. The molecule has 110 valence electrons. The number of rotatable bonds is 2. The van der Waals surface area contributed by atoms with Gasteiger partial charge in [-0.3, -0.25) is 0 Å². The molecule has 1 heterocycles. The van der Waals surface area contributed by atoms with Crippen molar-refractivity contribution in [3.05, 3.63) is 82.6 Å². The Labute approximate surface area is 126 Å². The molecule has 2 nitrogen and oxygen atoms in total. The van der Waals surface area contributed by atoms with Crippen molar-refractivity contribution >= 4 is 17.6 Å². The summed E-state index contributed by atoms with van der Waals surface area (Å²) in [6, 6.07) is 10.7. The lowest BCUT2D eigenvalue weighted by Gasteiger charge is -2.07. The van der Waals surface area contributed by atoms with Gasteiger partial charge in [-0.15, -0.1) is 0 Å². The minimum absolute atomic E-state index is 0.139. The topological polar surface area (TPSA) is 26.3 Å². The molecule has 1 aliphatic rings. The molecule has 0 saturated heterocycles. The van der Waals surface area contributed by atoms with Gasteiger partial charge in [0.05, 0.1) is 0 Å². The molecule has 0 radical (unpaired) electrons. The van der Waals surface area contributed by atoms with Gasteiger partial charge in [0.2, 0.25) is 0 Å². The number of benzene rings is 2. The third-order valence-corrected chi connectivity index (χ3v) is 3.34. The molecule has 22 heavy (non-hydrogen) atoms. The second-order valence-electron chi connectivity index (χ2n) is 4.99. The molecule has 0 unspecified atom stereocenters. The van der Waals surface area contributed by atoms with Crippen LogP contribution in [0, 0.1) is 18.6 Å². The van der Waals surface area contributed by atoms with Gasteiger partial charge in [0.1, 0.15) is 17.4 Å². The number of ether oxygens (including phenoxy) is 1. The quantitative estimate of drug-likeness (QED) is 0.775. The number of hydrogen-bond acceptors (Lipinski definition) is 2. The zero-order valence-corrected chi connectivity index (χ0v) is 11.8. The van der Waals surface area contributed by atoms with E-state index in [9.17, 15) is 13.6 Å². The average Bonchev–Trinajstić information content (AvgIpc) is 2.84. The highest BCUT2D eigenvalue weighted by molar-refractivity contribution is 6.03. The van der Waals surface area contributed by atoms with Crippen LogP contribution < -0.4 is 0 Å². The van der Waals surface area contributed by atoms with Crippen molar-refractivity contribution in [1.29, 1.82) is 0 Å². The lowest BCUT2D eigenvalue weighted by atomic mass is 10.0. The fourth-order valence-corrected chi connectivity index (χ4v) is 2.29.